The van der Waals surface area contributed by atoms with E-state index in [0.29, 0.717) is 17.1 Å². The van der Waals surface area contributed by atoms with Crippen molar-refractivity contribution < 1.29 is 9.90 Å². The van der Waals surface area contributed by atoms with Gasteiger partial charge in [0, 0.05) is 31.1 Å². The Morgan fingerprint density at radius 3 is 2.56 bits per heavy atom. The third kappa shape index (κ3) is 1.81. The summed E-state index contributed by atoms with van der Waals surface area (Å²) in [6.45, 7) is 3.22. The number of carbonyl (C=O) groups is 1. The molecule has 0 aliphatic carbocycles. The highest BCUT2D eigenvalue weighted by atomic mass is 16.4. The summed E-state index contributed by atoms with van der Waals surface area (Å²) in [6.07, 6.45) is 1.70. The summed E-state index contributed by atoms with van der Waals surface area (Å²) >= 11 is 0. The number of aryl methyl sites for hydroxylation is 2. The van der Waals surface area contributed by atoms with Gasteiger partial charge in [0.25, 0.3) is 5.56 Å². The molecule has 2 rings (SSSR count). The molecule has 0 atom stereocenters. The van der Waals surface area contributed by atoms with E-state index in [2.05, 4.69) is 5.10 Å². The molecular formula is C12H13N3O3. The Bertz CT molecular complexity index is 682. The summed E-state index contributed by atoms with van der Waals surface area (Å²) in [7, 11) is 1.73. The number of rotatable bonds is 2. The van der Waals surface area contributed by atoms with Crippen LogP contribution in [0.15, 0.2) is 23.1 Å². The number of pyridine rings is 1. The van der Waals surface area contributed by atoms with Gasteiger partial charge >= 0.3 is 5.97 Å². The summed E-state index contributed by atoms with van der Waals surface area (Å²) in [5, 5.41) is 13.3. The van der Waals surface area contributed by atoms with E-state index < -0.39 is 5.97 Å². The van der Waals surface area contributed by atoms with Gasteiger partial charge in [-0.1, -0.05) is 0 Å². The van der Waals surface area contributed by atoms with Crippen LogP contribution in [-0.4, -0.2) is 25.4 Å². The third-order valence-electron chi connectivity index (χ3n) is 2.79. The lowest BCUT2D eigenvalue weighted by Crippen LogP contribution is -2.24. The Hall–Kier alpha value is -2.37. The molecule has 0 bridgehead atoms. The van der Waals surface area contributed by atoms with Gasteiger partial charge in [0.15, 0.2) is 5.82 Å². The van der Waals surface area contributed by atoms with Crippen molar-refractivity contribution in [2.45, 2.75) is 13.8 Å². The number of carboxylic acid groups (broad SMARTS) is 1. The van der Waals surface area contributed by atoms with E-state index in [-0.39, 0.29) is 11.1 Å². The molecule has 2 aromatic rings. The van der Waals surface area contributed by atoms with Crippen molar-refractivity contribution in [1.82, 2.24) is 14.3 Å². The van der Waals surface area contributed by atoms with Gasteiger partial charge in [-0.25, -0.2) is 4.79 Å². The molecule has 6 heteroatoms. The van der Waals surface area contributed by atoms with E-state index in [0.717, 1.165) is 0 Å². The molecule has 2 aromatic heterocycles. The molecule has 2 heterocycles. The first-order valence-corrected chi connectivity index (χ1v) is 5.38. The normalized spacial score (nSPS) is 10.6. The van der Waals surface area contributed by atoms with Crippen molar-refractivity contribution in [1.29, 1.82) is 0 Å². The zero-order valence-corrected chi connectivity index (χ0v) is 10.3. The largest absolute Gasteiger partial charge is 0.478 e. The van der Waals surface area contributed by atoms with Crippen molar-refractivity contribution in [3.63, 3.8) is 0 Å². The predicted molar refractivity (Wildman–Crippen MR) is 65.2 cm³/mol. The number of hydrogen-bond donors (Lipinski definition) is 1. The topological polar surface area (TPSA) is 77.1 Å². The molecule has 1 N–H and O–H groups in total. The van der Waals surface area contributed by atoms with Crippen LogP contribution in [0.1, 0.15) is 21.6 Å². The van der Waals surface area contributed by atoms with Crippen LogP contribution in [0.2, 0.25) is 0 Å². The van der Waals surface area contributed by atoms with Gasteiger partial charge in [-0.2, -0.15) is 5.10 Å². The molecule has 6 nitrogen and oxygen atoms in total. The summed E-state index contributed by atoms with van der Waals surface area (Å²) in [5.41, 5.74) is 0.692. The van der Waals surface area contributed by atoms with Crippen molar-refractivity contribution in [2.24, 2.45) is 7.05 Å². The Balaban J connectivity index is 2.80. The minimum absolute atomic E-state index is 0.139. The summed E-state index contributed by atoms with van der Waals surface area (Å²) < 4.78 is 2.86. The molecule has 0 saturated carbocycles. The average molecular weight is 247 g/mol. The first kappa shape index (κ1) is 12.1. The lowest BCUT2D eigenvalue weighted by molar-refractivity contribution is 0.0694. The summed E-state index contributed by atoms with van der Waals surface area (Å²) in [5.74, 6) is -0.628. The Morgan fingerprint density at radius 2 is 2.06 bits per heavy atom. The highest BCUT2D eigenvalue weighted by Crippen LogP contribution is 2.14. The van der Waals surface area contributed by atoms with Gasteiger partial charge in [-0.05, 0) is 19.4 Å². The van der Waals surface area contributed by atoms with E-state index in [4.69, 9.17) is 0 Å². The van der Waals surface area contributed by atoms with Crippen molar-refractivity contribution in [3.05, 3.63) is 45.5 Å². The Morgan fingerprint density at radius 1 is 1.39 bits per heavy atom. The van der Waals surface area contributed by atoms with E-state index >= 15 is 0 Å². The van der Waals surface area contributed by atoms with Gasteiger partial charge < -0.3 is 5.11 Å². The Labute approximate surface area is 103 Å². The molecule has 0 fully saturated rings. The van der Waals surface area contributed by atoms with Crippen LogP contribution in [0.25, 0.3) is 5.82 Å². The van der Waals surface area contributed by atoms with Gasteiger partial charge in [0.1, 0.15) is 0 Å². The van der Waals surface area contributed by atoms with Crippen LogP contribution in [0.4, 0.5) is 0 Å². The lowest BCUT2D eigenvalue weighted by Gasteiger charge is -2.11. The standard InChI is InChI=1S/C12H13N3O3/c1-7-6-10(16)15(8(2)11(7)12(17)18)9-4-5-14(3)13-9/h4-6H,1-3H3,(H,17,18). The maximum Gasteiger partial charge on any atom is 0.337 e. The van der Waals surface area contributed by atoms with Crippen LogP contribution in [-0.2, 0) is 7.05 Å². The predicted octanol–water partition coefficient (Wildman–Crippen LogP) is 0.886. The highest BCUT2D eigenvalue weighted by molar-refractivity contribution is 5.90. The zero-order chi connectivity index (χ0) is 13.4. The molecule has 0 aliphatic rings. The average Bonchev–Trinajstić information content (AvgIpc) is 2.63. The van der Waals surface area contributed by atoms with E-state index in [9.17, 15) is 14.7 Å². The minimum Gasteiger partial charge on any atom is -0.478 e. The second kappa shape index (κ2) is 4.14. The van der Waals surface area contributed by atoms with Gasteiger partial charge in [0.05, 0.1) is 5.56 Å². The maximum atomic E-state index is 12.0. The van der Waals surface area contributed by atoms with Gasteiger partial charge in [-0.15, -0.1) is 0 Å². The minimum atomic E-state index is -1.05. The van der Waals surface area contributed by atoms with Gasteiger partial charge in [0.2, 0.25) is 0 Å². The molecule has 0 unspecified atom stereocenters. The molecule has 0 saturated heterocycles. The van der Waals surface area contributed by atoms with Crippen LogP contribution >= 0.6 is 0 Å². The zero-order valence-electron chi connectivity index (χ0n) is 10.3. The van der Waals surface area contributed by atoms with Crippen molar-refractivity contribution in [2.75, 3.05) is 0 Å². The fourth-order valence-electron chi connectivity index (χ4n) is 2.01. The molecule has 0 radical (unpaired) electrons. The molecule has 0 aliphatic heterocycles. The third-order valence-corrected chi connectivity index (χ3v) is 2.79. The van der Waals surface area contributed by atoms with E-state index in [1.165, 1.54) is 10.6 Å². The number of carboxylic acids is 1. The molecule has 0 aromatic carbocycles. The maximum absolute atomic E-state index is 12.0. The molecule has 0 spiro atoms. The number of aromatic carboxylic acids is 1. The fourth-order valence-corrected chi connectivity index (χ4v) is 2.01. The number of hydrogen-bond acceptors (Lipinski definition) is 3. The van der Waals surface area contributed by atoms with Crippen LogP contribution in [0, 0.1) is 13.8 Å². The Kier molecular flexibility index (Phi) is 2.78. The smallest absolute Gasteiger partial charge is 0.337 e. The number of nitrogens with zero attached hydrogens (tertiary/aromatic N) is 3. The molecule has 94 valence electrons. The molecule has 18 heavy (non-hydrogen) atoms. The molecular weight excluding hydrogens is 234 g/mol. The van der Waals surface area contributed by atoms with Crippen LogP contribution < -0.4 is 5.56 Å². The quantitative estimate of drug-likeness (QED) is 0.854. The second-order valence-corrected chi connectivity index (χ2v) is 4.11. The van der Waals surface area contributed by atoms with E-state index in [1.54, 1.807) is 37.8 Å². The van der Waals surface area contributed by atoms with Crippen LogP contribution in [0.3, 0.4) is 0 Å². The molecule has 0 amide bonds. The summed E-state index contributed by atoms with van der Waals surface area (Å²) in [6, 6.07) is 2.97. The van der Waals surface area contributed by atoms with Crippen LogP contribution in [0.5, 0.6) is 0 Å². The SMILES string of the molecule is Cc1cc(=O)n(-c2ccn(C)n2)c(C)c1C(=O)O. The van der Waals surface area contributed by atoms with E-state index in [1.807, 2.05) is 0 Å². The second-order valence-electron chi connectivity index (χ2n) is 4.11. The van der Waals surface area contributed by atoms with Crippen molar-refractivity contribution in [3.8, 4) is 5.82 Å². The first-order chi connectivity index (χ1) is 8.41. The fraction of sp³-hybridized carbons (Fsp3) is 0.250. The lowest BCUT2D eigenvalue weighted by atomic mass is 10.1. The number of aromatic nitrogens is 3. The first-order valence-electron chi connectivity index (χ1n) is 5.38. The monoisotopic (exact) mass is 247 g/mol. The summed E-state index contributed by atoms with van der Waals surface area (Å²) in [4.78, 5) is 23.2. The van der Waals surface area contributed by atoms with Gasteiger partial charge in [-0.3, -0.25) is 14.0 Å². The van der Waals surface area contributed by atoms with Crippen molar-refractivity contribution >= 4 is 5.97 Å². The highest BCUT2D eigenvalue weighted by Gasteiger charge is 2.17.